The average Bonchev–Trinajstić information content (AvgIpc) is 3.08. The van der Waals surface area contributed by atoms with Crippen LogP contribution in [0.15, 0.2) is 101 Å². The van der Waals surface area contributed by atoms with Gasteiger partial charge in [-0.1, -0.05) is 78.9 Å². The first kappa shape index (κ1) is 17.2. The molecule has 0 saturated carbocycles. The Balaban J connectivity index is 2.07. The Bertz CT molecular complexity index is 1170. The highest BCUT2D eigenvalue weighted by Gasteiger charge is 2.30. The van der Waals surface area contributed by atoms with Gasteiger partial charge in [0.15, 0.2) is 0 Å². The van der Waals surface area contributed by atoms with E-state index >= 15 is 0 Å². The second-order valence-electron chi connectivity index (χ2n) is 6.20. The molecule has 27 heavy (non-hydrogen) atoms. The van der Waals surface area contributed by atoms with Crippen molar-refractivity contribution >= 4 is 9.84 Å². The minimum Gasteiger partial charge on any atom is -0.266 e. The molecule has 0 bridgehead atoms. The topological polar surface area (TPSA) is 52.0 Å². The number of nitrogens with zero attached hydrogens (tertiary/aromatic N) is 2. The van der Waals surface area contributed by atoms with E-state index in [4.69, 9.17) is 0 Å². The lowest BCUT2D eigenvalue weighted by Crippen LogP contribution is -2.05. The zero-order valence-corrected chi connectivity index (χ0v) is 15.6. The highest BCUT2D eigenvalue weighted by atomic mass is 32.2. The van der Waals surface area contributed by atoms with Crippen molar-refractivity contribution in [3.8, 4) is 22.5 Å². The van der Waals surface area contributed by atoms with Crippen LogP contribution in [-0.4, -0.2) is 18.2 Å². The van der Waals surface area contributed by atoms with Gasteiger partial charge >= 0.3 is 0 Å². The summed E-state index contributed by atoms with van der Waals surface area (Å²) in [5.74, 6) is 0. The largest absolute Gasteiger partial charge is 0.266 e. The van der Waals surface area contributed by atoms with Crippen molar-refractivity contribution in [1.82, 2.24) is 9.78 Å². The molecule has 0 aliphatic heterocycles. The van der Waals surface area contributed by atoms with E-state index in [1.54, 1.807) is 42.1 Å². The minimum atomic E-state index is -3.76. The van der Waals surface area contributed by atoms with E-state index in [-0.39, 0.29) is 9.79 Å². The highest BCUT2D eigenvalue weighted by Crippen LogP contribution is 2.38. The molecule has 5 heteroatoms. The van der Waals surface area contributed by atoms with Crippen LogP contribution in [0.5, 0.6) is 0 Å². The molecule has 4 nitrogen and oxygen atoms in total. The van der Waals surface area contributed by atoms with E-state index in [0.29, 0.717) is 11.4 Å². The summed E-state index contributed by atoms with van der Waals surface area (Å²) in [6, 6.07) is 27.4. The van der Waals surface area contributed by atoms with Gasteiger partial charge in [0, 0.05) is 18.2 Å². The van der Waals surface area contributed by atoms with Gasteiger partial charge in [-0.2, -0.15) is 5.10 Å². The number of aromatic nitrogens is 2. The number of aryl methyl sites for hydroxylation is 1. The van der Waals surface area contributed by atoms with Crippen molar-refractivity contribution in [2.75, 3.05) is 0 Å². The third kappa shape index (κ3) is 3.06. The Morgan fingerprint density at radius 1 is 0.704 bits per heavy atom. The molecule has 134 valence electrons. The van der Waals surface area contributed by atoms with Crippen molar-refractivity contribution in [2.24, 2.45) is 7.05 Å². The van der Waals surface area contributed by atoms with Crippen LogP contribution < -0.4 is 0 Å². The third-order valence-electron chi connectivity index (χ3n) is 4.42. The zero-order valence-electron chi connectivity index (χ0n) is 14.8. The number of rotatable bonds is 4. The van der Waals surface area contributed by atoms with Crippen LogP contribution in [0, 0.1) is 0 Å². The van der Waals surface area contributed by atoms with E-state index in [2.05, 4.69) is 5.10 Å². The molecule has 0 unspecified atom stereocenters. The van der Waals surface area contributed by atoms with Crippen molar-refractivity contribution in [3.05, 3.63) is 91.0 Å². The van der Waals surface area contributed by atoms with Crippen LogP contribution in [-0.2, 0) is 16.9 Å². The van der Waals surface area contributed by atoms with Gasteiger partial charge in [-0.15, -0.1) is 0 Å². The summed E-state index contributed by atoms with van der Waals surface area (Å²) in [4.78, 5) is 0.487. The molecule has 4 rings (SSSR count). The monoisotopic (exact) mass is 374 g/mol. The summed E-state index contributed by atoms with van der Waals surface area (Å²) in [7, 11) is -1.98. The van der Waals surface area contributed by atoms with E-state index in [9.17, 15) is 8.42 Å². The molecule has 1 aromatic heterocycles. The van der Waals surface area contributed by atoms with Crippen LogP contribution in [0.3, 0.4) is 0 Å². The van der Waals surface area contributed by atoms with Gasteiger partial charge in [-0.05, 0) is 12.1 Å². The fourth-order valence-corrected chi connectivity index (χ4v) is 4.84. The van der Waals surface area contributed by atoms with Crippen LogP contribution in [0.2, 0.25) is 0 Å². The molecule has 1 heterocycles. The predicted molar refractivity (Wildman–Crippen MR) is 106 cm³/mol. The van der Waals surface area contributed by atoms with E-state index in [1.165, 1.54) is 0 Å². The second kappa shape index (κ2) is 6.85. The normalized spacial score (nSPS) is 11.4. The maximum Gasteiger partial charge on any atom is 0.210 e. The highest BCUT2D eigenvalue weighted by molar-refractivity contribution is 7.91. The number of sulfone groups is 1. The van der Waals surface area contributed by atoms with Crippen molar-refractivity contribution < 1.29 is 8.42 Å². The molecule has 0 radical (unpaired) electrons. The smallest absolute Gasteiger partial charge is 0.210 e. The number of hydrogen-bond donors (Lipinski definition) is 0. The first-order valence-electron chi connectivity index (χ1n) is 8.57. The fraction of sp³-hybridized carbons (Fsp3) is 0.0455. The van der Waals surface area contributed by atoms with E-state index < -0.39 is 9.84 Å². The zero-order chi connectivity index (χ0) is 18.9. The van der Waals surface area contributed by atoms with Gasteiger partial charge in [-0.3, -0.25) is 4.68 Å². The van der Waals surface area contributed by atoms with Crippen LogP contribution in [0.25, 0.3) is 22.5 Å². The summed E-state index contributed by atoms with van der Waals surface area (Å²) in [5.41, 5.74) is 2.62. The molecular weight excluding hydrogens is 356 g/mol. The van der Waals surface area contributed by atoms with Crippen LogP contribution >= 0.6 is 0 Å². The Hall–Kier alpha value is -3.18. The van der Waals surface area contributed by atoms with Gasteiger partial charge in [0.05, 0.1) is 10.6 Å². The molecule has 0 aliphatic rings. The third-order valence-corrected chi connectivity index (χ3v) is 6.24. The molecule has 0 saturated heterocycles. The lowest BCUT2D eigenvalue weighted by Gasteiger charge is -2.09. The lowest BCUT2D eigenvalue weighted by molar-refractivity contribution is 0.596. The summed E-state index contributed by atoms with van der Waals surface area (Å²) < 4.78 is 28.8. The lowest BCUT2D eigenvalue weighted by atomic mass is 10.1. The van der Waals surface area contributed by atoms with Gasteiger partial charge in [0.1, 0.15) is 10.6 Å². The summed E-state index contributed by atoms with van der Waals surface area (Å²) in [5, 5.41) is 4.59. The molecule has 0 aliphatic carbocycles. The molecule has 0 amide bonds. The van der Waals surface area contributed by atoms with E-state index in [1.807, 2.05) is 60.7 Å². The van der Waals surface area contributed by atoms with Gasteiger partial charge in [0.25, 0.3) is 0 Å². The van der Waals surface area contributed by atoms with Crippen LogP contribution in [0.4, 0.5) is 0 Å². The van der Waals surface area contributed by atoms with Crippen molar-refractivity contribution in [2.45, 2.75) is 9.79 Å². The van der Waals surface area contributed by atoms with Crippen LogP contribution in [0.1, 0.15) is 0 Å². The number of hydrogen-bond acceptors (Lipinski definition) is 3. The Labute approximate surface area is 158 Å². The van der Waals surface area contributed by atoms with Crippen molar-refractivity contribution in [3.63, 3.8) is 0 Å². The maximum atomic E-state index is 13.6. The fourth-order valence-electron chi connectivity index (χ4n) is 3.18. The molecular formula is C22H18N2O2S. The summed E-state index contributed by atoms with van der Waals surface area (Å²) in [6.07, 6.45) is 0. The maximum absolute atomic E-state index is 13.6. The Morgan fingerprint density at radius 3 is 1.74 bits per heavy atom. The number of benzene rings is 3. The second-order valence-corrected chi connectivity index (χ2v) is 8.09. The Kier molecular flexibility index (Phi) is 4.38. The molecule has 3 aromatic carbocycles. The first-order valence-corrected chi connectivity index (χ1v) is 10.1. The molecule has 0 fully saturated rings. The predicted octanol–water partition coefficient (Wildman–Crippen LogP) is 4.59. The molecule has 0 N–H and O–H groups in total. The SMILES string of the molecule is Cn1nc(-c2ccccc2)c(S(=O)(=O)c2ccccc2)c1-c1ccccc1. The molecule has 0 atom stereocenters. The summed E-state index contributed by atoms with van der Waals surface area (Å²) >= 11 is 0. The standard InChI is InChI=1S/C22H18N2O2S/c1-24-21(18-13-7-3-8-14-18)22(20(23-24)17-11-5-2-6-12-17)27(25,26)19-15-9-4-10-16-19/h2-16H,1H3. The quantitative estimate of drug-likeness (QED) is 0.525. The van der Waals surface area contributed by atoms with Gasteiger partial charge in [-0.25, -0.2) is 8.42 Å². The minimum absolute atomic E-state index is 0.230. The van der Waals surface area contributed by atoms with Gasteiger partial charge in [0.2, 0.25) is 9.84 Å². The summed E-state index contributed by atoms with van der Waals surface area (Å²) in [6.45, 7) is 0. The molecule has 0 spiro atoms. The van der Waals surface area contributed by atoms with Gasteiger partial charge < -0.3 is 0 Å². The average molecular weight is 374 g/mol. The Morgan fingerprint density at radius 2 is 1.19 bits per heavy atom. The van der Waals surface area contributed by atoms with E-state index in [0.717, 1.165) is 11.1 Å². The molecule has 4 aromatic rings. The first-order chi connectivity index (χ1) is 13.1. The van der Waals surface area contributed by atoms with Crippen molar-refractivity contribution in [1.29, 1.82) is 0 Å².